The number of amides is 1. The van der Waals surface area contributed by atoms with Crippen LogP contribution in [0.5, 0.6) is 11.5 Å². The fourth-order valence-corrected chi connectivity index (χ4v) is 4.39. The van der Waals surface area contributed by atoms with Gasteiger partial charge in [-0.3, -0.25) is 9.59 Å². The maximum absolute atomic E-state index is 13.7. The molecule has 0 spiro atoms. The van der Waals surface area contributed by atoms with Gasteiger partial charge in [0.25, 0.3) is 5.91 Å². The van der Waals surface area contributed by atoms with Gasteiger partial charge in [-0.2, -0.15) is 0 Å². The second kappa shape index (κ2) is 8.54. The van der Waals surface area contributed by atoms with E-state index in [0.29, 0.717) is 41.2 Å². The van der Waals surface area contributed by atoms with Crippen LogP contribution >= 0.6 is 0 Å². The van der Waals surface area contributed by atoms with Crippen molar-refractivity contribution in [2.45, 2.75) is 33.7 Å². The van der Waals surface area contributed by atoms with Crippen molar-refractivity contribution in [3.05, 3.63) is 81.2 Å². The average molecular weight is 434 g/mol. The zero-order valence-corrected chi connectivity index (χ0v) is 18.9. The molecule has 6 heteroatoms. The molecule has 0 saturated heterocycles. The monoisotopic (exact) mass is 433 g/mol. The highest BCUT2D eigenvalue weighted by molar-refractivity contribution is 5.99. The summed E-state index contributed by atoms with van der Waals surface area (Å²) in [5.41, 5.74) is 3.15. The van der Waals surface area contributed by atoms with Crippen molar-refractivity contribution >= 4 is 16.9 Å². The molecule has 3 aromatic rings. The summed E-state index contributed by atoms with van der Waals surface area (Å²) in [5.74, 6) is 0.960. The Hall–Kier alpha value is -3.54. The Kier molecular flexibility index (Phi) is 5.78. The fourth-order valence-electron chi connectivity index (χ4n) is 4.39. The highest BCUT2D eigenvalue weighted by atomic mass is 16.5. The van der Waals surface area contributed by atoms with Crippen molar-refractivity contribution in [3.8, 4) is 11.5 Å². The number of aryl methyl sites for hydroxylation is 2. The van der Waals surface area contributed by atoms with Crippen molar-refractivity contribution < 1.29 is 18.7 Å². The van der Waals surface area contributed by atoms with Crippen LogP contribution in [-0.4, -0.2) is 30.6 Å². The lowest BCUT2D eigenvalue weighted by atomic mass is 9.97. The van der Waals surface area contributed by atoms with E-state index in [9.17, 15) is 9.59 Å². The summed E-state index contributed by atoms with van der Waals surface area (Å²) in [4.78, 5) is 28.6. The van der Waals surface area contributed by atoms with Crippen LogP contribution in [0.1, 0.15) is 52.7 Å². The highest BCUT2D eigenvalue weighted by Gasteiger charge is 2.42. The molecule has 6 nitrogen and oxygen atoms in total. The van der Waals surface area contributed by atoms with Gasteiger partial charge < -0.3 is 18.8 Å². The molecule has 0 radical (unpaired) electrons. The molecule has 166 valence electrons. The van der Waals surface area contributed by atoms with Gasteiger partial charge in [-0.1, -0.05) is 18.2 Å². The number of fused-ring (bicyclic) bond motifs is 2. The number of ether oxygens (including phenoxy) is 2. The van der Waals surface area contributed by atoms with Crippen LogP contribution in [0.15, 0.2) is 52.2 Å². The van der Waals surface area contributed by atoms with Crippen LogP contribution in [0.3, 0.4) is 0 Å². The molecule has 0 saturated carbocycles. The predicted molar refractivity (Wildman–Crippen MR) is 124 cm³/mol. The maximum atomic E-state index is 13.7. The Morgan fingerprint density at radius 3 is 2.47 bits per heavy atom. The molecule has 1 amide bonds. The zero-order valence-electron chi connectivity index (χ0n) is 18.9. The average Bonchev–Trinajstić information content (AvgIpc) is 3.03. The van der Waals surface area contributed by atoms with Gasteiger partial charge in [0.1, 0.15) is 5.58 Å². The first-order valence-corrected chi connectivity index (χ1v) is 10.8. The van der Waals surface area contributed by atoms with E-state index in [2.05, 4.69) is 6.58 Å². The van der Waals surface area contributed by atoms with Gasteiger partial charge >= 0.3 is 0 Å². The summed E-state index contributed by atoms with van der Waals surface area (Å²) in [5, 5.41) is 0.482. The topological polar surface area (TPSA) is 69.0 Å². The molecule has 32 heavy (non-hydrogen) atoms. The van der Waals surface area contributed by atoms with E-state index in [1.165, 1.54) is 0 Å². The minimum Gasteiger partial charge on any atom is -0.490 e. The summed E-state index contributed by atoms with van der Waals surface area (Å²) in [6.45, 7) is 12.6. The molecule has 0 fully saturated rings. The summed E-state index contributed by atoms with van der Waals surface area (Å²) < 4.78 is 17.5. The van der Waals surface area contributed by atoms with Gasteiger partial charge in [0.2, 0.25) is 5.76 Å². The van der Waals surface area contributed by atoms with E-state index >= 15 is 0 Å². The zero-order chi connectivity index (χ0) is 23.0. The minimum atomic E-state index is -0.605. The molecule has 2 aromatic carbocycles. The van der Waals surface area contributed by atoms with Crippen LogP contribution in [0.25, 0.3) is 11.0 Å². The molecular formula is C26H27NO5. The van der Waals surface area contributed by atoms with Crippen LogP contribution in [0.2, 0.25) is 0 Å². The number of benzene rings is 2. The first kappa shape index (κ1) is 21.7. The van der Waals surface area contributed by atoms with Crippen LogP contribution in [0.4, 0.5) is 0 Å². The fraction of sp³-hybridized carbons (Fsp3) is 0.308. The largest absolute Gasteiger partial charge is 0.490 e. The van der Waals surface area contributed by atoms with E-state index in [1.807, 2.05) is 58.0 Å². The lowest BCUT2D eigenvalue weighted by molar-refractivity contribution is 0.0748. The SMILES string of the molecule is C=CCN1C(=O)c2oc3c(C)cc(C)cc3c(=O)c2C1c1ccc(OCC)c(OCC)c1. The van der Waals surface area contributed by atoms with Crippen molar-refractivity contribution in [3.63, 3.8) is 0 Å². The van der Waals surface area contributed by atoms with Gasteiger partial charge in [-0.15, -0.1) is 6.58 Å². The molecule has 2 heterocycles. The lowest BCUT2D eigenvalue weighted by Crippen LogP contribution is -2.29. The molecule has 1 unspecified atom stereocenters. The molecular weight excluding hydrogens is 406 g/mol. The third-order valence-electron chi connectivity index (χ3n) is 5.61. The summed E-state index contributed by atoms with van der Waals surface area (Å²) in [6, 6.07) is 8.67. The van der Waals surface area contributed by atoms with Gasteiger partial charge in [0.15, 0.2) is 16.9 Å². The number of hydrogen-bond donors (Lipinski definition) is 0. The van der Waals surface area contributed by atoms with E-state index in [-0.39, 0.29) is 23.6 Å². The van der Waals surface area contributed by atoms with Crippen molar-refractivity contribution in [1.82, 2.24) is 4.90 Å². The second-order valence-electron chi connectivity index (χ2n) is 7.85. The van der Waals surface area contributed by atoms with Gasteiger partial charge in [0, 0.05) is 6.54 Å². The molecule has 0 aliphatic carbocycles. The third kappa shape index (κ3) is 3.45. The minimum absolute atomic E-state index is 0.0909. The molecule has 0 bridgehead atoms. The number of hydrogen-bond acceptors (Lipinski definition) is 5. The van der Waals surface area contributed by atoms with Gasteiger partial charge in [-0.05, 0) is 62.6 Å². The van der Waals surface area contributed by atoms with Crippen LogP contribution < -0.4 is 14.9 Å². The van der Waals surface area contributed by atoms with Gasteiger partial charge in [0.05, 0.1) is 30.2 Å². The van der Waals surface area contributed by atoms with Crippen molar-refractivity contribution in [2.75, 3.05) is 19.8 Å². The molecule has 0 N–H and O–H groups in total. The lowest BCUT2D eigenvalue weighted by Gasteiger charge is -2.24. The quantitative estimate of drug-likeness (QED) is 0.494. The maximum Gasteiger partial charge on any atom is 0.291 e. The molecule has 4 rings (SSSR count). The summed E-state index contributed by atoms with van der Waals surface area (Å²) in [6.07, 6.45) is 1.65. The second-order valence-corrected chi connectivity index (χ2v) is 7.85. The first-order chi connectivity index (χ1) is 15.4. The molecule has 1 aliphatic heterocycles. The normalized spacial score (nSPS) is 15.2. The molecule has 1 atom stereocenters. The Labute approximate surface area is 187 Å². The van der Waals surface area contributed by atoms with Gasteiger partial charge in [-0.25, -0.2) is 0 Å². The number of carbonyl (C=O) groups is 1. The number of nitrogens with zero attached hydrogens (tertiary/aromatic N) is 1. The van der Waals surface area contributed by atoms with Crippen LogP contribution in [-0.2, 0) is 0 Å². The van der Waals surface area contributed by atoms with Crippen molar-refractivity contribution in [1.29, 1.82) is 0 Å². The predicted octanol–water partition coefficient (Wildman–Crippen LogP) is 4.94. The van der Waals surface area contributed by atoms with E-state index < -0.39 is 6.04 Å². The van der Waals surface area contributed by atoms with E-state index in [1.54, 1.807) is 11.0 Å². The highest BCUT2D eigenvalue weighted by Crippen LogP contribution is 2.41. The number of rotatable bonds is 7. The smallest absolute Gasteiger partial charge is 0.291 e. The van der Waals surface area contributed by atoms with Crippen molar-refractivity contribution in [2.24, 2.45) is 0 Å². The Balaban J connectivity index is 1.98. The first-order valence-electron chi connectivity index (χ1n) is 10.8. The Morgan fingerprint density at radius 2 is 1.78 bits per heavy atom. The Morgan fingerprint density at radius 1 is 1.06 bits per heavy atom. The van der Waals surface area contributed by atoms with Crippen LogP contribution in [0, 0.1) is 13.8 Å². The Bertz CT molecular complexity index is 1270. The third-order valence-corrected chi connectivity index (χ3v) is 5.61. The standard InChI is InChI=1S/C26H27NO5/c1-6-11-27-22(17-9-10-19(30-7-2)20(14-17)31-8-3)21-23(28)18-13-15(4)12-16(5)24(18)32-25(21)26(27)29/h6,9-10,12-14,22H,1,7-8,11H2,2-5H3. The molecule has 1 aromatic heterocycles. The number of carbonyl (C=O) groups excluding carboxylic acids is 1. The summed E-state index contributed by atoms with van der Waals surface area (Å²) in [7, 11) is 0. The molecule has 1 aliphatic rings. The van der Waals surface area contributed by atoms with E-state index in [4.69, 9.17) is 13.9 Å². The summed E-state index contributed by atoms with van der Waals surface area (Å²) >= 11 is 0. The van der Waals surface area contributed by atoms with E-state index in [0.717, 1.165) is 16.7 Å².